The van der Waals surface area contributed by atoms with Gasteiger partial charge in [0.15, 0.2) is 0 Å². The Bertz CT molecular complexity index is 1260. The number of benzene rings is 4. The molecule has 170 valence electrons. The molecule has 0 saturated carbocycles. The van der Waals surface area contributed by atoms with E-state index in [1.54, 1.807) is 0 Å². The van der Waals surface area contributed by atoms with Gasteiger partial charge in [-0.1, -0.05) is 72.8 Å². The van der Waals surface area contributed by atoms with Crippen LogP contribution in [0.4, 0.5) is 17.1 Å². The molecule has 0 saturated heterocycles. The zero-order valence-electron chi connectivity index (χ0n) is 20.4. The summed E-state index contributed by atoms with van der Waals surface area (Å²) in [4.78, 5) is 6.32. The van der Waals surface area contributed by atoms with Gasteiger partial charge in [0.25, 0.3) is 0 Å². The third kappa shape index (κ3) is 3.81. The average Bonchev–Trinajstić information content (AvgIpc) is 2.82. The molecule has 0 fully saturated rings. The molecule has 0 bridgehead atoms. The van der Waals surface area contributed by atoms with E-state index >= 15 is 0 Å². The van der Waals surface area contributed by atoms with Crippen LogP contribution in [0.2, 0.25) is 0 Å². The molecular formula is C29H33N3O. The molecule has 0 heterocycles. The van der Waals surface area contributed by atoms with E-state index < -0.39 is 5.60 Å². The maximum absolute atomic E-state index is 12.8. The first-order chi connectivity index (χ1) is 15.8. The van der Waals surface area contributed by atoms with Crippen LogP contribution in [-0.4, -0.2) is 47.4 Å². The van der Waals surface area contributed by atoms with Gasteiger partial charge in [0.1, 0.15) is 5.60 Å². The van der Waals surface area contributed by atoms with Gasteiger partial charge in [-0.2, -0.15) is 0 Å². The number of para-hydroxylation sites is 1. The van der Waals surface area contributed by atoms with Gasteiger partial charge in [-0.15, -0.1) is 0 Å². The second-order valence-corrected chi connectivity index (χ2v) is 9.11. The quantitative estimate of drug-likeness (QED) is 0.412. The molecule has 4 heteroatoms. The summed E-state index contributed by atoms with van der Waals surface area (Å²) < 4.78 is 0. The van der Waals surface area contributed by atoms with E-state index in [0.29, 0.717) is 0 Å². The van der Waals surface area contributed by atoms with Gasteiger partial charge in [-0.25, -0.2) is 0 Å². The number of fused-ring (bicyclic) bond motifs is 1. The van der Waals surface area contributed by atoms with Crippen molar-refractivity contribution in [1.29, 1.82) is 0 Å². The van der Waals surface area contributed by atoms with Crippen molar-refractivity contribution in [3.63, 3.8) is 0 Å². The third-order valence-corrected chi connectivity index (χ3v) is 6.28. The largest absolute Gasteiger partial charge is 0.377 e. The van der Waals surface area contributed by atoms with E-state index in [2.05, 4.69) is 65.2 Å². The number of anilines is 3. The Labute approximate surface area is 197 Å². The molecule has 1 atom stereocenters. The third-order valence-electron chi connectivity index (χ3n) is 6.28. The first-order valence-electron chi connectivity index (χ1n) is 11.2. The Morgan fingerprint density at radius 2 is 1.15 bits per heavy atom. The van der Waals surface area contributed by atoms with Gasteiger partial charge < -0.3 is 19.8 Å². The fourth-order valence-corrected chi connectivity index (χ4v) is 4.78. The van der Waals surface area contributed by atoms with E-state index in [1.165, 1.54) is 0 Å². The molecule has 1 N–H and O–H groups in total. The Hall–Kier alpha value is -3.50. The van der Waals surface area contributed by atoms with Crippen LogP contribution in [0.25, 0.3) is 10.8 Å². The molecule has 0 aliphatic heterocycles. The summed E-state index contributed by atoms with van der Waals surface area (Å²) in [7, 11) is 12.3. The van der Waals surface area contributed by atoms with Gasteiger partial charge in [0.2, 0.25) is 0 Å². The standard InChI is InChI=1S/C29H33N3O/c1-30(2)25-17-11-10-16-23(25)29(33,22-14-8-7-9-15-22)24-20-19-21-13-12-18-26(31(3)4)27(21)28(24)32(5)6/h7-20,33H,1-6H3/t29-/m1/s1. The summed E-state index contributed by atoms with van der Waals surface area (Å²) in [5, 5.41) is 15.1. The minimum absolute atomic E-state index is 0.837. The zero-order valence-corrected chi connectivity index (χ0v) is 20.4. The van der Waals surface area contributed by atoms with Gasteiger partial charge in [0, 0.05) is 70.2 Å². The van der Waals surface area contributed by atoms with E-state index in [0.717, 1.165) is 44.5 Å². The number of hydrogen-bond donors (Lipinski definition) is 1. The molecule has 0 aliphatic carbocycles. The summed E-state index contributed by atoms with van der Waals surface area (Å²) in [5.41, 5.74) is 4.31. The minimum atomic E-state index is -1.35. The van der Waals surface area contributed by atoms with Crippen LogP contribution in [0.15, 0.2) is 84.9 Å². The molecule has 0 aromatic heterocycles. The van der Waals surface area contributed by atoms with Crippen molar-refractivity contribution in [1.82, 2.24) is 0 Å². The average molecular weight is 440 g/mol. The molecule has 4 aromatic carbocycles. The topological polar surface area (TPSA) is 30.0 Å². The van der Waals surface area contributed by atoms with Crippen molar-refractivity contribution < 1.29 is 5.11 Å². The van der Waals surface area contributed by atoms with Crippen LogP contribution in [0, 0.1) is 0 Å². The van der Waals surface area contributed by atoms with Gasteiger partial charge in [-0.05, 0) is 23.1 Å². The summed E-state index contributed by atoms with van der Waals surface area (Å²) in [6.45, 7) is 0. The highest BCUT2D eigenvalue weighted by molar-refractivity contribution is 6.05. The fourth-order valence-electron chi connectivity index (χ4n) is 4.78. The molecule has 4 aromatic rings. The molecule has 0 unspecified atom stereocenters. The molecule has 4 rings (SSSR count). The molecule has 33 heavy (non-hydrogen) atoms. The van der Waals surface area contributed by atoms with Crippen molar-refractivity contribution in [2.45, 2.75) is 5.60 Å². The smallest absolute Gasteiger partial charge is 0.144 e. The lowest BCUT2D eigenvalue weighted by molar-refractivity contribution is 0.127. The van der Waals surface area contributed by atoms with Crippen molar-refractivity contribution >= 4 is 27.8 Å². The number of aliphatic hydroxyl groups is 1. The second-order valence-electron chi connectivity index (χ2n) is 9.11. The van der Waals surface area contributed by atoms with Crippen molar-refractivity contribution in [2.75, 3.05) is 57.0 Å². The predicted octanol–water partition coefficient (Wildman–Crippen LogP) is 5.32. The van der Waals surface area contributed by atoms with Gasteiger partial charge in [0.05, 0.1) is 5.69 Å². The molecular weight excluding hydrogens is 406 g/mol. The van der Waals surface area contributed by atoms with Gasteiger partial charge >= 0.3 is 0 Å². The first kappa shape index (κ1) is 22.7. The van der Waals surface area contributed by atoms with Crippen LogP contribution in [0.3, 0.4) is 0 Å². The molecule has 0 spiro atoms. The van der Waals surface area contributed by atoms with Crippen LogP contribution in [0.5, 0.6) is 0 Å². The van der Waals surface area contributed by atoms with Crippen LogP contribution in [-0.2, 0) is 5.60 Å². The molecule has 4 nitrogen and oxygen atoms in total. The highest BCUT2D eigenvalue weighted by atomic mass is 16.3. The minimum Gasteiger partial charge on any atom is -0.377 e. The van der Waals surface area contributed by atoms with Crippen molar-refractivity contribution in [3.8, 4) is 0 Å². The molecule has 0 radical (unpaired) electrons. The van der Waals surface area contributed by atoms with Gasteiger partial charge in [-0.3, -0.25) is 0 Å². The SMILES string of the molecule is CN(C)c1ccccc1[C@](O)(c1ccccc1)c1ccc2cccc(N(C)C)c2c1N(C)C. The van der Waals surface area contributed by atoms with Crippen LogP contribution in [0.1, 0.15) is 16.7 Å². The monoisotopic (exact) mass is 439 g/mol. The second kappa shape index (κ2) is 8.80. The lowest BCUT2D eigenvalue weighted by atomic mass is 9.77. The first-order valence-corrected chi connectivity index (χ1v) is 11.2. The van der Waals surface area contributed by atoms with Crippen molar-refractivity contribution in [3.05, 3.63) is 102 Å². The Morgan fingerprint density at radius 1 is 0.545 bits per heavy atom. The molecule has 0 aliphatic rings. The summed E-state index contributed by atoms with van der Waals surface area (Å²) in [6.07, 6.45) is 0. The maximum Gasteiger partial charge on any atom is 0.144 e. The van der Waals surface area contributed by atoms with Crippen LogP contribution >= 0.6 is 0 Å². The van der Waals surface area contributed by atoms with E-state index in [4.69, 9.17) is 0 Å². The summed E-state index contributed by atoms with van der Waals surface area (Å²) >= 11 is 0. The predicted molar refractivity (Wildman–Crippen MR) is 142 cm³/mol. The lowest BCUT2D eigenvalue weighted by Gasteiger charge is -2.37. The van der Waals surface area contributed by atoms with E-state index in [-0.39, 0.29) is 0 Å². The number of nitrogens with zero attached hydrogens (tertiary/aromatic N) is 3. The Kier molecular flexibility index (Phi) is 6.05. The van der Waals surface area contributed by atoms with E-state index in [1.807, 2.05) is 76.7 Å². The maximum atomic E-state index is 12.8. The van der Waals surface area contributed by atoms with E-state index in [9.17, 15) is 5.11 Å². The Balaban J connectivity index is 2.18. The summed E-state index contributed by atoms with van der Waals surface area (Å²) in [6, 6.07) is 28.6. The Morgan fingerprint density at radius 3 is 1.79 bits per heavy atom. The van der Waals surface area contributed by atoms with Crippen LogP contribution < -0.4 is 14.7 Å². The summed E-state index contributed by atoms with van der Waals surface area (Å²) in [5.74, 6) is 0. The normalized spacial score (nSPS) is 12.9. The number of hydrogen-bond acceptors (Lipinski definition) is 4. The highest BCUT2D eigenvalue weighted by Gasteiger charge is 2.39. The highest BCUT2D eigenvalue weighted by Crippen LogP contribution is 2.47. The fraction of sp³-hybridized carbons (Fsp3) is 0.241. The molecule has 0 amide bonds. The van der Waals surface area contributed by atoms with Crippen molar-refractivity contribution in [2.24, 2.45) is 0 Å². The zero-order chi connectivity index (χ0) is 23.8. The lowest BCUT2D eigenvalue weighted by Crippen LogP contribution is -2.33. The number of rotatable bonds is 6.